The van der Waals surface area contributed by atoms with Crippen LogP contribution in [0.2, 0.25) is 0 Å². The highest BCUT2D eigenvalue weighted by atomic mass is 32.2. The first kappa shape index (κ1) is 14.9. The average molecular weight is 292 g/mol. The molecule has 2 N–H and O–H groups in total. The molecular weight excluding hydrogens is 272 g/mol. The monoisotopic (exact) mass is 292 g/mol. The molecule has 0 radical (unpaired) electrons. The molecule has 0 saturated heterocycles. The van der Waals surface area contributed by atoms with Crippen molar-refractivity contribution in [1.82, 2.24) is 20.1 Å². The fourth-order valence-electron chi connectivity index (χ4n) is 1.91. The number of aromatic amines is 1. The minimum Gasteiger partial charge on any atom is -0.313 e. The first-order valence-electron chi connectivity index (χ1n) is 6.88. The van der Waals surface area contributed by atoms with E-state index < -0.39 is 0 Å². The van der Waals surface area contributed by atoms with E-state index in [2.05, 4.69) is 34.6 Å². The zero-order valence-electron chi connectivity index (χ0n) is 11.8. The molecule has 0 spiro atoms. The maximum atomic E-state index is 11.6. The van der Waals surface area contributed by atoms with E-state index in [1.165, 1.54) is 17.3 Å². The van der Waals surface area contributed by atoms with E-state index in [0.29, 0.717) is 11.7 Å². The molecule has 0 fully saturated rings. The second kappa shape index (κ2) is 7.31. The highest BCUT2D eigenvalue weighted by Crippen LogP contribution is 2.28. The zero-order valence-corrected chi connectivity index (χ0v) is 12.7. The highest BCUT2D eigenvalue weighted by Gasteiger charge is 2.10. The van der Waals surface area contributed by atoms with Gasteiger partial charge in [0.05, 0.1) is 0 Å². The molecule has 0 unspecified atom stereocenters. The third-order valence-electron chi connectivity index (χ3n) is 2.96. The van der Waals surface area contributed by atoms with Gasteiger partial charge in [0, 0.05) is 18.0 Å². The van der Waals surface area contributed by atoms with Crippen molar-refractivity contribution in [3.05, 3.63) is 40.3 Å². The van der Waals surface area contributed by atoms with E-state index in [0.717, 1.165) is 24.4 Å². The molecular formula is C14H20N4OS. The second-order valence-corrected chi connectivity index (χ2v) is 5.45. The third kappa shape index (κ3) is 3.52. The van der Waals surface area contributed by atoms with Crippen molar-refractivity contribution in [2.75, 3.05) is 6.54 Å². The van der Waals surface area contributed by atoms with Gasteiger partial charge in [0.1, 0.15) is 0 Å². The summed E-state index contributed by atoms with van der Waals surface area (Å²) in [5.74, 6) is 0. The minimum atomic E-state index is -0.156. The first-order valence-corrected chi connectivity index (χ1v) is 7.69. The summed E-state index contributed by atoms with van der Waals surface area (Å²) in [4.78, 5) is 12.7. The normalized spacial score (nSPS) is 10.9. The molecule has 5 nitrogen and oxygen atoms in total. The molecule has 0 aliphatic heterocycles. The summed E-state index contributed by atoms with van der Waals surface area (Å²) in [6, 6.07) is 8.20. The predicted molar refractivity (Wildman–Crippen MR) is 81.1 cm³/mol. The fourth-order valence-corrected chi connectivity index (χ4v) is 2.94. The molecule has 0 aliphatic rings. The molecule has 1 aromatic carbocycles. The molecule has 0 amide bonds. The highest BCUT2D eigenvalue weighted by molar-refractivity contribution is 7.99. The maximum absolute atomic E-state index is 11.6. The molecule has 108 valence electrons. The Balaban J connectivity index is 2.18. The number of nitrogens with zero attached hydrogens (tertiary/aromatic N) is 2. The molecule has 6 heteroatoms. The van der Waals surface area contributed by atoms with E-state index in [4.69, 9.17) is 0 Å². The van der Waals surface area contributed by atoms with Gasteiger partial charge in [-0.25, -0.2) is 9.89 Å². The van der Waals surface area contributed by atoms with Crippen molar-refractivity contribution >= 4 is 11.8 Å². The van der Waals surface area contributed by atoms with Gasteiger partial charge in [-0.15, -0.1) is 5.10 Å². The molecule has 20 heavy (non-hydrogen) atoms. The summed E-state index contributed by atoms with van der Waals surface area (Å²) in [6.45, 7) is 6.54. The summed E-state index contributed by atoms with van der Waals surface area (Å²) in [5, 5.41) is 10.7. The lowest BCUT2D eigenvalue weighted by atomic mass is 10.2. The van der Waals surface area contributed by atoms with Crippen LogP contribution in [0.25, 0.3) is 0 Å². The number of nitrogens with one attached hydrogen (secondary N) is 2. The molecule has 0 saturated carbocycles. The van der Waals surface area contributed by atoms with Crippen molar-refractivity contribution in [3.8, 4) is 0 Å². The summed E-state index contributed by atoms with van der Waals surface area (Å²) in [5.41, 5.74) is 1.07. The Morgan fingerprint density at radius 1 is 1.35 bits per heavy atom. The largest absolute Gasteiger partial charge is 0.343 e. The Morgan fingerprint density at radius 2 is 2.15 bits per heavy atom. The van der Waals surface area contributed by atoms with E-state index in [1.54, 1.807) is 4.57 Å². The van der Waals surface area contributed by atoms with E-state index in [9.17, 15) is 4.79 Å². The Bertz CT molecular complexity index is 605. The Labute approximate surface area is 122 Å². The van der Waals surface area contributed by atoms with Crippen LogP contribution >= 0.6 is 11.8 Å². The number of rotatable bonds is 7. The van der Waals surface area contributed by atoms with Crippen molar-refractivity contribution in [1.29, 1.82) is 0 Å². The lowest BCUT2D eigenvalue weighted by molar-refractivity contribution is 0.658. The van der Waals surface area contributed by atoms with Gasteiger partial charge in [0.2, 0.25) is 0 Å². The van der Waals surface area contributed by atoms with Crippen molar-refractivity contribution < 1.29 is 0 Å². The molecule has 0 atom stereocenters. The smallest absolute Gasteiger partial charge is 0.313 e. The first-order chi connectivity index (χ1) is 9.76. The zero-order chi connectivity index (χ0) is 14.4. The Hall–Kier alpha value is -1.53. The Morgan fingerprint density at radius 3 is 2.90 bits per heavy atom. The van der Waals surface area contributed by atoms with Crippen LogP contribution in [0.15, 0.2) is 39.1 Å². The molecule has 0 aliphatic carbocycles. The lowest BCUT2D eigenvalue weighted by Crippen LogP contribution is -2.16. The lowest BCUT2D eigenvalue weighted by Gasteiger charge is -2.09. The van der Waals surface area contributed by atoms with E-state index in [1.807, 2.05) is 19.1 Å². The van der Waals surface area contributed by atoms with Crippen molar-refractivity contribution in [2.24, 2.45) is 0 Å². The van der Waals surface area contributed by atoms with Gasteiger partial charge >= 0.3 is 5.69 Å². The van der Waals surface area contributed by atoms with Crippen LogP contribution in [0.4, 0.5) is 0 Å². The van der Waals surface area contributed by atoms with Gasteiger partial charge in [0.25, 0.3) is 0 Å². The van der Waals surface area contributed by atoms with Crippen LogP contribution in [-0.4, -0.2) is 21.3 Å². The topological polar surface area (TPSA) is 62.7 Å². The van der Waals surface area contributed by atoms with Crippen LogP contribution in [0.3, 0.4) is 0 Å². The quantitative estimate of drug-likeness (QED) is 0.768. The summed E-state index contributed by atoms with van der Waals surface area (Å²) in [6.07, 6.45) is 1.12. The van der Waals surface area contributed by atoms with E-state index >= 15 is 0 Å². The summed E-state index contributed by atoms with van der Waals surface area (Å²) < 4.78 is 1.64. The van der Waals surface area contributed by atoms with E-state index in [-0.39, 0.29) is 5.69 Å². The summed E-state index contributed by atoms with van der Waals surface area (Å²) in [7, 11) is 0. The molecule has 1 aromatic heterocycles. The molecule has 1 heterocycles. The second-order valence-electron chi connectivity index (χ2n) is 4.44. The number of benzene rings is 1. The number of hydrogen-bond donors (Lipinski definition) is 2. The van der Waals surface area contributed by atoms with Gasteiger partial charge in [-0.2, -0.15) is 0 Å². The van der Waals surface area contributed by atoms with Gasteiger partial charge in [0.15, 0.2) is 5.16 Å². The minimum absolute atomic E-state index is 0.156. The SMILES string of the molecule is CCCNCc1ccccc1Sc1n[nH]c(=O)n1CC. The van der Waals surface area contributed by atoms with Crippen LogP contribution < -0.4 is 11.0 Å². The van der Waals surface area contributed by atoms with Gasteiger partial charge in [-0.05, 0) is 43.3 Å². The maximum Gasteiger partial charge on any atom is 0.343 e. The van der Waals surface area contributed by atoms with Crippen molar-refractivity contribution in [2.45, 2.75) is 43.4 Å². The van der Waals surface area contributed by atoms with Gasteiger partial charge in [-0.1, -0.05) is 25.1 Å². The predicted octanol–water partition coefficient (Wildman–Crippen LogP) is 2.24. The van der Waals surface area contributed by atoms with Crippen molar-refractivity contribution in [3.63, 3.8) is 0 Å². The van der Waals surface area contributed by atoms with Crippen LogP contribution in [-0.2, 0) is 13.1 Å². The fraction of sp³-hybridized carbons (Fsp3) is 0.429. The number of H-pyrrole nitrogens is 1. The Kier molecular flexibility index (Phi) is 5.43. The molecule has 0 bridgehead atoms. The third-order valence-corrected chi connectivity index (χ3v) is 4.07. The van der Waals surface area contributed by atoms with Crippen LogP contribution in [0, 0.1) is 0 Å². The average Bonchev–Trinajstić information content (AvgIpc) is 2.81. The van der Waals surface area contributed by atoms with Crippen LogP contribution in [0.1, 0.15) is 25.8 Å². The number of aromatic nitrogens is 3. The standard InChI is InChI=1S/C14H20N4OS/c1-3-9-15-10-11-7-5-6-8-12(11)20-14-17-16-13(19)18(14)4-2/h5-8,15H,3-4,9-10H2,1-2H3,(H,16,19). The molecule has 2 aromatic rings. The number of hydrogen-bond acceptors (Lipinski definition) is 4. The van der Waals surface area contributed by atoms with Gasteiger partial charge in [-0.3, -0.25) is 4.57 Å². The van der Waals surface area contributed by atoms with Crippen LogP contribution in [0.5, 0.6) is 0 Å². The molecule has 2 rings (SSSR count). The summed E-state index contributed by atoms with van der Waals surface area (Å²) >= 11 is 1.52. The van der Waals surface area contributed by atoms with Gasteiger partial charge < -0.3 is 5.32 Å².